The fourth-order valence-corrected chi connectivity index (χ4v) is 11.7. The molecule has 7 heterocycles. The van der Waals surface area contributed by atoms with Crippen molar-refractivity contribution >= 4 is 114 Å². The number of piperazine rings is 2. The van der Waals surface area contributed by atoms with Crippen LogP contribution in [0.4, 0.5) is 63.5 Å². The zero-order valence-corrected chi connectivity index (χ0v) is 41.6. The van der Waals surface area contributed by atoms with E-state index in [0.717, 1.165) is 86.5 Å². The average molecular weight is 1030 g/mol. The van der Waals surface area contributed by atoms with Crippen LogP contribution in [0.1, 0.15) is 21.7 Å². The Bertz CT molecular complexity index is 3120. The van der Waals surface area contributed by atoms with E-state index in [1.165, 1.54) is 11.9 Å². The molecular weight excluding hydrogens is 980 g/mol. The number of amides is 1. The van der Waals surface area contributed by atoms with Crippen molar-refractivity contribution in [2.45, 2.75) is 22.6 Å². The summed E-state index contributed by atoms with van der Waals surface area (Å²) >= 11 is 12.3. The summed E-state index contributed by atoms with van der Waals surface area (Å²) in [4.78, 5) is 46.0. The van der Waals surface area contributed by atoms with Gasteiger partial charge in [-0.1, -0.05) is 35.3 Å². The number of hydrogen-bond donors (Lipinski definition) is 5. The molecule has 2 unspecified atom stereocenters. The number of rotatable bonds is 10. The Kier molecular flexibility index (Phi) is 14.2. The molecule has 0 radical (unpaired) electrons. The zero-order chi connectivity index (χ0) is 49.0. The number of halogens is 2. The Morgan fingerprint density at radius 2 is 1.01 bits per heavy atom. The second-order valence-corrected chi connectivity index (χ2v) is 21.1. The number of nitrogens with one attached hydrogen (secondary N) is 3. The Balaban J connectivity index is 0.000000169. The lowest BCUT2D eigenvalue weighted by atomic mass is 10.2. The first kappa shape index (κ1) is 47.6. The molecule has 71 heavy (non-hydrogen) atoms. The number of aryl methyl sites for hydroxylation is 2. The van der Waals surface area contributed by atoms with Gasteiger partial charge in [0.25, 0.3) is 5.91 Å². The number of hydrogen-bond acceptors (Lipinski definition) is 16. The van der Waals surface area contributed by atoms with Crippen LogP contribution in [-0.2, 0) is 34.4 Å². The SMILES string of the molecule is Nc1ccc(C(=O)Nc2ccc(N3CCN(c4nc5c(c(Nc6cccc(Cl)c6)n4)S(=O)CC5)CC3)cc2)cn1.Nc1ccc(N2CCN(c3nc4c(c(Nc5cccc(Cl)c5)n3)S(=O)CC4)CC2)cc1. The average Bonchev–Trinajstić information content (AvgIpc) is 3.96. The lowest BCUT2D eigenvalue weighted by molar-refractivity contribution is 0.102. The van der Waals surface area contributed by atoms with Crippen LogP contribution in [0.25, 0.3) is 0 Å². The van der Waals surface area contributed by atoms with Gasteiger partial charge in [0.05, 0.1) is 38.6 Å². The highest BCUT2D eigenvalue weighted by molar-refractivity contribution is 7.85. The van der Waals surface area contributed by atoms with E-state index >= 15 is 0 Å². The minimum Gasteiger partial charge on any atom is -0.399 e. The minimum atomic E-state index is -1.13. The van der Waals surface area contributed by atoms with Crippen molar-refractivity contribution in [1.29, 1.82) is 0 Å². The van der Waals surface area contributed by atoms with E-state index in [-0.39, 0.29) is 5.91 Å². The van der Waals surface area contributed by atoms with Gasteiger partial charge in [0, 0.05) is 127 Å². The van der Waals surface area contributed by atoms with E-state index in [2.05, 4.69) is 52.7 Å². The van der Waals surface area contributed by atoms with E-state index < -0.39 is 21.6 Å². The molecule has 0 spiro atoms. The number of pyridine rings is 1. The standard InChI is InChI=1S/C28H27ClN8O2S.C22H23ClN6OS/c29-19-2-1-3-21(16-19)32-26-25-23(10-15-40(25)39)34-28(35-26)37-13-11-36(12-14-37)22-7-5-20(6-8-22)33-27(38)18-4-9-24(30)31-17-18;23-15-2-1-3-17(14-15)25-21-20-19(8-13-31(20)30)26-22(27-21)29-11-9-28(10-12-29)18-6-4-16(24)5-7-18/h1-9,16-17H,10-15H2,(H2,30,31)(H,33,38)(H,32,34,35);1-7,14H,8-13,24H2,(H,25,26,27). The van der Waals surface area contributed by atoms with Gasteiger partial charge in [-0.3, -0.25) is 13.2 Å². The first-order chi connectivity index (χ1) is 34.5. The van der Waals surface area contributed by atoms with Crippen molar-refractivity contribution < 1.29 is 13.2 Å². The van der Waals surface area contributed by atoms with Crippen LogP contribution >= 0.6 is 23.2 Å². The highest BCUT2D eigenvalue weighted by Crippen LogP contribution is 2.35. The third-order valence-corrected chi connectivity index (χ3v) is 15.8. The monoisotopic (exact) mass is 1030 g/mol. The summed E-state index contributed by atoms with van der Waals surface area (Å²) in [6.45, 7) is 6.40. The predicted octanol–water partition coefficient (Wildman–Crippen LogP) is 7.54. The van der Waals surface area contributed by atoms with Crippen LogP contribution in [0, 0.1) is 0 Å². The van der Waals surface area contributed by atoms with Crippen molar-refractivity contribution in [2.75, 3.05) is 111 Å². The van der Waals surface area contributed by atoms with Gasteiger partial charge in [-0.05, 0) is 97.1 Å². The maximum atomic E-state index is 12.7. The van der Waals surface area contributed by atoms with Gasteiger partial charge < -0.3 is 47.0 Å². The van der Waals surface area contributed by atoms with Gasteiger partial charge >= 0.3 is 0 Å². The number of anilines is 11. The van der Waals surface area contributed by atoms with Gasteiger partial charge in [-0.25, -0.2) is 15.0 Å². The third-order valence-electron chi connectivity index (χ3n) is 12.4. The molecule has 11 rings (SSSR count). The number of carbonyl (C=O) groups is 1. The summed E-state index contributed by atoms with van der Waals surface area (Å²) in [5.74, 6) is 3.77. The van der Waals surface area contributed by atoms with Crippen LogP contribution in [0.5, 0.6) is 0 Å². The van der Waals surface area contributed by atoms with E-state index in [4.69, 9.17) is 54.6 Å². The Morgan fingerprint density at radius 3 is 1.46 bits per heavy atom. The summed E-state index contributed by atoms with van der Waals surface area (Å²) in [6.07, 6.45) is 2.82. The highest BCUT2D eigenvalue weighted by atomic mass is 35.5. The maximum absolute atomic E-state index is 12.7. The summed E-state index contributed by atoms with van der Waals surface area (Å²) in [7, 11) is -2.22. The topological polar surface area (TPSA) is 217 Å². The predicted molar refractivity (Wildman–Crippen MR) is 286 cm³/mol. The fourth-order valence-electron chi connectivity index (χ4n) is 8.74. The van der Waals surface area contributed by atoms with Crippen LogP contribution in [0.3, 0.4) is 0 Å². The molecule has 1 amide bonds. The molecule has 7 N–H and O–H groups in total. The highest BCUT2D eigenvalue weighted by Gasteiger charge is 2.30. The number of nitrogens with two attached hydrogens (primary N) is 2. The van der Waals surface area contributed by atoms with Gasteiger partial charge in [0.2, 0.25) is 11.9 Å². The smallest absolute Gasteiger partial charge is 0.257 e. The first-order valence-electron chi connectivity index (χ1n) is 23.1. The Labute approximate surface area is 425 Å². The minimum absolute atomic E-state index is 0.240. The molecule has 17 nitrogen and oxygen atoms in total. The second-order valence-electron chi connectivity index (χ2n) is 17.2. The molecular formula is C50H50Cl2N14O3S2. The normalized spacial score (nSPS) is 17.2. The number of nitrogen functional groups attached to an aromatic ring is 2. The molecule has 2 fully saturated rings. The number of carbonyl (C=O) groups excluding carboxylic acids is 1. The summed E-state index contributed by atoms with van der Waals surface area (Å²) in [5, 5.41) is 10.8. The fraction of sp³-hybridized carbons (Fsp3) is 0.240. The van der Waals surface area contributed by atoms with E-state index in [0.29, 0.717) is 84.8 Å². The van der Waals surface area contributed by atoms with Crippen LogP contribution in [-0.4, -0.2) is 103 Å². The van der Waals surface area contributed by atoms with Crippen molar-refractivity contribution in [3.05, 3.63) is 142 Å². The number of fused-ring (bicyclic) bond motifs is 2. The lowest BCUT2D eigenvalue weighted by Gasteiger charge is -2.36. The molecule has 364 valence electrons. The van der Waals surface area contributed by atoms with E-state index in [9.17, 15) is 13.2 Å². The maximum Gasteiger partial charge on any atom is 0.257 e. The molecule has 4 aromatic carbocycles. The summed E-state index contributed by atoms with van der Waals surface area (Å²) in [6, 6.07) is 33.8. The quantitative estimate of drug-likeness (QED) is 0.0837. The molecule has 7 aromatic rings. The van der Waals surface area contributed by atoms with Crippen molar-refractivity contribution in [3.8, 4) is 0 Å². The van der Waals surface area contributed by atoms with Crippen molar-refractivity contribution in [2.24, 2.45) is 0 Å². The van der Waals surface area contributed by atoms with Gasteiger partial charge in [-0.2, -0.15) is 9.97 Å². The second kappa shape index (κ2) is 21.1. The molecule has 0 saturated carbocycles. The van der Waals surface area contributed by atoms with Gasteiger partial charge in [0.1, 0.15) is 15.6 Å². The number of benzene rings is 4. The molecule has 3 aromatic heterocycles. The largest absolute Gasteiger partial charge is 0.399 e. The zero-order valence-electron chi connectivity index (χ0n) is 38.4. The molecule has 2 saturated heterocycles. The molecule has 21 heteroatoms. The molecule has 0 bridgehead atoms. The van der Waals surface area contributed by atoms with Crippen LogP contribution in [0.2, 0.25) is 10.0 Å². The van der Waals surface area contributed by atoms with E-state index in [1.807, 2.05) is 84.9 Å². The summed E-state index contributed by atoms with van der Waals surface area (Å²) in [5.41, 5.74) is 18.9. The van der Waals surface area contributed by atoms with Crippen LogP contribution < -0.4 is 47.0 Å². The Hall–Kier alpha value is -7.06. The van der Waals surface area contributed by atoms with Gasteiger partial charge in [-0.15, -0.1) is 0 Å². The van der Waals surface area contributed by atoms with Crippen molar-refractivity contribution in [3.63, 3.8) is 0 Å². The van der Waals surface area contributed by atoms with E-state index in [1.54, 1.807) is 12.1 Å². The lowest BCUT2D eigenvalue weighted by Crippen LogP contribution is -2.47. The summed E-state index contributed by atoms with van der Waals surface area (Å²) < 4.78 is 25.3. The number of aromatic nitrogens is 5. The Morgan fingerprint density at radius 1 is 0.549 bits per heavy atom. The van der Waals surface area contributed by atoms with Crippen LogP contribution in [0.15, 0.2) is 125 Å². The molecule has 4 aliphatic rings. The third kappa shape index (κ3) is 11.1. The van der Waals surface area contributed by atoms with Gasteiger partial charge in [0.15, 0.2) is 11.6 Å². The molecule has 2 atom stereocenters. The van der Waals surface area contributed by atoms with Crippen molar-refractivity contribution in [1.82, 2.24) is 24.9 Å². The molecule has 0 aliphatic carbocycles. The molecule has 4 aliphatic heterocycles. The first-order valence-corrected chi connectivity index (χ1v) is 26.5. The number of nitrogens with zero attached hydrogens (tertiary/aromatic N) is 9.